The number of ether oxygens (including phenoxy) is 1. The number of carbonyl (C=O) groups is 1. The number of hydrogen-bond acceptors (Lipinski definition) is 7. The van der Waals surface area contributed by atoms with Crippen molar-refractivity contribution >= 4 is 27.7 Å². The molecule has 0 bridgehead atoms. The summed E-state index contributed by atoms with van der Waals surface area (Å²) >= 11 is 6.11. The molecular formula is C20H16ClF3N2O6S. The number of benzene rings is 1. The minimum atomic E-state index is -5.92. The van der Waals surface area contributed by atoms with E-state index in [1.54, 1.807) is 4.68 Å². The van der Waals surface area contributed by atoms with Gasteiger partial charge in [0.1, 0.15) is 5.56 Å². The third kappa shape index (κ3) is 3.22. The van der Waals surface area contributed by atoms with Crippen LogP contribution in [-0.2, 0) is 14.9 Å². The van der Waals surface area contributed by atoms with Crippen molar-refractivity contribution in [2.75, 3.05) is 12.1 Å². The first kappa shape index (κ1) is 22.1. The number of nitrogens with zero attached hydrogens (tertiary/aromatic N) is 2. The quantitative estimate of drug-likeness (QED) is 0.358. The largest absolute Gasteiger partial charge is 0.534 e. The van der Waals surface area contributed by atoms with Gasteiger partial charge in [-0.1, -0.05) is 11.6 Å². The normalized spacial score (nSPS) is 20.2. The van der Waals surface area contributed by atoms with Gasteiger partial charge in [-0.15, -0.1) is 0 Å². The van der Waals surface area contributed by atoms with Crippen LogP contribution in [0.5, 0.6) is 5.75 Å². The predicted octanol–water partition coefficient (Wildman–Crippen LogP) is 3.50. The van der Waals surface area contributed by atoms with Gasteiger partial charge in [0, 0.05) is 17.8 Å². The highest BCUT2D eigenvalue weighted by molar-refractivity contribution is 7.88. The van der Waals surface area contributed by atoms with Gasteiger partial charge in [0.05, 0.1) is 29.4 Å². The summed E-state index contributed by atoms with van der Waals surface area (Å²) in [6.07, 6.45) is 4.51. The molecule has 0 N–H and O–H groups in total. The molecule has 13 heteroatoms. The summed E-state index contributed by atoms with van der Waals surface area (Å²) in [5, 5.41) is 1.62. The fourth-order valence-electron chi connectivity index (χ4n) is 4.72. The molecule has 5 rings (SSSR count). The van der Waals surface area contributed by atoms with E-state index in [2.05, 4.69) is 4.18 Å². The number of rotatable bonds is 3. The molecule has 33 heavy (non-hydrogen) atoms. The Morgan fingerprint density at radius 1 is 1.21 bits per heavy atom. The summed E-state index contributed by atoms with van der Waals surface area (Å²) in [5.74, 6) is -1.44. The molecule has 3 aliphatic rings. The van der Waals surface area contributed by atoms with Crippen LogP contribution in [-0.4, -0.2) is 37.2 Å². The third-order valence-electron chi connectivity index (χ3n) is 6.38. The van der Waals surface area contributed by atoms with Crippen molar-refractivity contribution in [2.45, 2.75) is 42.8 Å². The average Bonchev–Trinajstić information content (AvgIpc) is 3.41. The molecule has 2 fully saturated rings. The Bertz CT molecular complexity index is 1370. The summed E-state index contributed by atoms with van der Waals surface area (Å²) in [6.45, 7) is 0. The summed E-state index contributed by atoms with van der Waals surface area (Å²) in [7, 11) is -4.76. The van der Waals surface area contributed by atoms with Crippen LogP contribution in [0.3, 0.4) is 0 Å². The highest BCUT2D eigenvalue weighted by Crippen LogP contribution is 2.58. The molecule has 1 aromatic heterocycles. The van der Waals surface area contributed by atoms with Gasteiger partial charge in [-0.3, -0.25) is 14.5 Å². The molecule has 3 heterocycles. The van der Waals surface area contributed by atoms with Crippen molar-refractivity contribution in [1.82, 2.24) is 4.68 Å². The van der Waals surface area contributed by atoms with Gasteiger partial charge in [-0.05, 0) is 43.4 Å². The van der Waals surface area contributed by atoms with E-state index < -0.39 is 32.8 Å². The van der Waals surface area contributed by atoms with Crippen LogP contribution in [0, 0.1) is 0 Å². The molecule has 1 aliphatic carbocycles. The van der Waals surface area contributed by atoms with Crippen LogP contribution in [0.2, 0.25) is 5.02 Å². The Morgan fingerprint density at radius 3 is 2.52 bits per heavy atom. The predicted molar refractivity (Wildman–Crippen MR) is 110 cm³/mol. The molecule has 2 aliphatic heterocycles. The van der Waals surface area contributed by atoms with Gasteiger partial charge in [0.15, 0.2) is 11.2 Å². The van der Waals surface area contributed by atoms with E-state index in [0.29, 0.717) is 23.2 Å². The Kier molecular flexibility index (Phi) is 4.61. The van der Waals surface area contributed by atoms with Gasteiger partial charge in [-0.2, -0.15) is 21.6 Å². The number of esters is 1. The molecule has 0 radical (unpaired) electrons. The smallest absolute Gasteiger partial charge is 0.465 e. The fourth-order valence-corrected chi connectivity index (χ4v) is 5.44. The topological polar surface area (TPSA) is 94.9 Å². The monoisotopic (exact) mass is 504 g/mol. The summed E-state index contributed by atoms with van der Waals surface area (Å²) in [6, 6.07) is 3.34. The van der Waals surface area contributed by atoms with Gasteiger partial charge in [0.2, 0.25) is 0 Å². The zero-order valence-electron chi connectivity index (χ0n) is 17.0. The van der Waals surface area contributed by atoms with Crippen LogP contribution < -0.4 is 14.6 Å². The van der Waals surface area contributed by atoms with E-state index in [1.807, 2.05) is 5.01 Å². The molecule has 1 saturated carbocycles. The Hall–Kier alpha value is -2.73. The molecule has 8 nitrogen and oxygen atoms in total. The number of pyridine rings is 1. The first-order valence-electron chi connectivity index (χ1n) is 9.88. The molecule has 1 aromatic carbocycles. The molecule has 0 unspecified atom stereocenters. The Labute approximate surface area is 190 Å². The number of fused-ring (bicyclic) bond motifs is 7. The SMILES string of the molecule is COC(=O)c1cn2c(cc1=O)-c1cc(Cl)c(OS(=O)(=O)C(F)(F)F)cc1[C@H]1CCC3(CC3)N12. The second-order valence-electron chi connectivity index (χ2n) is 8.25. The van der Waals surface area contributed by atoms with Crippen LogP contribution in [0.15, 0.2) is 29.2 Å². The third-order valence-corrected chi connectivity index (χ3v) is 7.64. The molecule has 0 amide bonds. The van der Waals surface area contributed by atoms with Gasteiger partial charge >= 0.3 is 21.6 Å². The highest BCUT2D eigenvalue weighted by Gasteiger charge is 2.57. The lowest BCUT2D eigenvalue weighted by molar-refractivity contribution is -0.0500. The summed E-state index contributed by atoms with van der Waals surface area (Å²) in [4.78, 5) is 24.7. The van der Waals surface area contributed by atoms with E-state index >= 15 is 0 Å². The van der Waals surface area contributed by atoms with Crippen LogP contribution in [0.25, 0.3) is 11.3 Å². The minimum Gasteiger partial charge on any atom is -0.465 e. The second kappa shape index (κ2) is 6.89. The van der Waals surface area contributed by atoms with E-state index in [9.17, 15) is 31.2 Å². The molecule has 1 saturated heterocycles. The van der Waals surface area contributed by atoms with E-state index in [4.69, 9.17) is 16.3 Å². The van der Waals surface area contributed by atoms with Crippen molar-refractivity contribution in [3.05, 3.63) is 50.8 Å². The fraction of sp³-hybridized carbons (Fsp3) is 0.400. The Morgan fingerprint density at radius 2 is 1.91 bits per heavy atom. The lowest BCUT2D eigenvalue weighted by Crippen LogP contribution is -2.46. The number of alkyl halides is 3. The Balaban J connectivity index is 1.71. The van der Waals surface area contributed by atoms with Gasteiger partial charge < -0.3 is 8.92 Å². The summed E-state index contributed by atoms with van der Waals surface area (Å²) in [5.41, 5.74) is -5.30. The van der Waals surface area contributed by atoms with Crippen LogP contribution >= 0.6 is 11.6 Å². The van der Waals surface area contributed by atoms with Crippen molar-refractivity contribution in [3.8, 4) is 17.0 Å². The molecular weight excluding hydrogens is 489 g/mol. The zero-order chi connectivity index (χ0) is 23.9. The van der Waals surface area contributed by atoms with Crippen molar-refractivity contribution < 1.29 is 35.3 Å². The molecule has 1 atom stereocenters. The molecule has 176 valence electrons. The molecule has 2 aromatic rings. The average molecular weight is 505 g/mol. The lowest BCUT2D eigenvalue weighted by atomic mass is 9.94. The van der Waals surface area contributed by atoms with Crippen molar-refractivity contribution in [3.63, 3.8) is 0 Å². The van der Waals surface area contributed by atoms with Crippen molar-refractivity contribution in [2.24, 2.45) is 0 Å². The minimum absolute atomic E-state index is 0.159. The second-order valence-corrected chi connectivity index (χ2v) is 10.2. The number of methoxy groups -OCH3 is 1. The first-order chi connectivity index (χ1) is 15.4. The maximum absolute atomic E-state index is 12.8. The van der Waals surface area contributed by atoms with Crippen LogP contribution in [0.4, 0.5) is 13.2 Å². The zero-order valence-corrected chi connectivity index (χ0v) is 18.6. The molecule has 1 spiro atoms. The van der Waals surface area contributed by atoms with E-state index in [0.717, 1.165) is 19.3 Å². The van der Waals surface area contributed by atoms with Crippen molar-refractivity contribution in [1.29, 1.82) is 0 Å². The maximum atomic E-state index is 12.8. The number of hydrogen-bond donors (Lipinski definition) is 0. The van der Waals surface area contributed by atoms with Crippen LogP contribution in [0.1, 0.15) is 47.6 Å². The maximum Gasteiger partial charge on any atom is 0.534 e. The lowest BCUT2D eigenvalue weighted by Gasteiger charge is -2.41. The van der Waals surface area contributed by atoms with E-state index in [-0.39, 0.29) is 22.2 Å². The van der Waals surface area contributed by atoms with Gasteiger partial charge in [0.25, 0.3) is 0 Å². The number of aromatic nitrogens is 1. The first-order valence-corrected chi connectivity index (χ1v) is 11.7. The van der Waals surface area contributed by atoms with Gasteiger partial charge in [-0.25, -0.2) is 4.79 Å². The number of halogens is 4. The highest BCUT2D eigenvalue weighted by atomic mass is 35.5. The summed E-state index contributed by atoms with van der Waals surface area (Å²) < 4.78 is 72.4. The standard InChI is InChI=1S/C20H16ClF3N2O6S/c1-31-18(28)12-9-25-15(8-16(12)27)10-6-13(21)17(32-33(29,30)20(22,23)24)7-11(10)14-2-3-19(4-5-19)26(14)25/h6-9,14H,2-5H2,1H3/t14-/m1/s1. The number of carbonyl (C=O) groups excluding carboxylic acids is 1. The van der Waals surface area contributed by atoms with E-state index in [1.165, 1.54) is 31.5 Å².